The zero-order valence-corrected chi connectivity index (χ0v) is 13.1. The van der Waals surface area contributed by atoms with Crippen molar-refractivity contribution in [2.24, 2.45) is 23.7 Å². The lowest BCUT2D eigenvalue weighted by molar-refractivity contribution is -0.0820. The summed E-state index contributed by atoms with van der Waals surface area (Å²) in [5, 5.41) is 0. The molecule has 4 heteroatoms. The normalized spacial score (nSPS) is 34.0. The number of alkyl halides is 3. The molecule has 124 valence electrons. The number of allylic oxidation sites excluding steroid dienone is 2. The maximum atomic E-state index is 13.5. The van der Waals surface area contributed by atoms with Gasteiger partial charge >= 0.3 is 6.18 Å². The molecule has 0 amide bonds. The van der Waals surface area contributed by atoms with Crippen LogP contribution in [0.3, 0.4) is 0 Å². The minimum Gasteiger partial charge on any atom is -0.212 e. The van der Waals surface area contributed by atoms with Crippen molar-refractivity contribution < 1.29 is 17.6 Å². The molecule has 0 spiro atoms. The smallest absolute Gasteiger partial charge is 0.212 e. The molecule has 0 aromatic carbocycles. The summed E-state index contributed by atoms with van der Waals surface area (Å²) in [6.45, 7) is 2.27. The van der Waals surface area contributed by atoms with Crippen molar-refractivity contribution in [3.8, 4) is 11.8 Å². The van der Waals surface area contributed by atoms with E-state index in [-0.39, 0.29) is 12.0 Å². The third kappa shape index (κ3) is 5.66. The number of hydrogen-bond acceptors (Lipinski definition) is 0. The molecule has 2 aliphatic rings. The van der Waals surface area contributed by atoms with Crippen molar-refractivity contribution in [1.29, 1.82) is 0 Å². The van der Waals surface area contributed by atoms with Gasteiger partial charge in [0.05, 0.1) is 6.08 Å². The summed E-state index contributed by atoms with van der Waals surface area (Å²) in [7, 11) is 0. The molecule has 0 heterocycles. The Kier molecular flexibility index (Phi) is 5.94. The lowest BCUT2D eigenvalue weighted by atomic mass is 9.80. The van der Waals surface area contributed by atoms with Crippen LogP contribution in [0.2, 0.25) is 0 Å². The second-order valence-electron chi connectivity index (χ2n) is 6.86. The summed E-state index contributed by atoms with van der Waals surface area (Å²) >= 11 is 0. The Bertz CT molecular complexity index is 436. The Balaban J connectivity index is 1.79. The Hall–Kier alpha value is -0.980. The van der Waals surface area contributed by atoms with E-state index in [0.717, 1.165) is 18.8 Å². The minimum atomic E-state index is -4.56. The van der Waals surface area contributed by atoms with Crippen LogP contribution in [0.25, 0.3) is 0 Å². The molecule has 0 bridgehead atoms. The van der Waals surface area contributed by atoms with E-state index in [2.05, 4.69) is 18.8 Å². The SMILES string of the molecule is CC1CCC(C#CC2CCC(/C(F)=C/C(F)(F)F)CC2)CC1. The largest absolute Gasteiger partial charge is 0.412 e. The van der Waals surface area contributed by atoms with Crippen LogP contribution in [0.5, 0.6) is 0 Å². The molecule has 2 rings (SSSR count). The number of halogens is 4. The van der Waals surface area contributed by atoms with Crippen molar-refractivity contribution in [3.05, 3.63) is 11.9 Å². The summed E-state index contributed by atoms with van der Waals surface area (Å²) in [6, 6.07) is 0. The van der Waals surface area contributed by atoms with Crippen molar-refractivity contribution in [3.63, 3.8) is 0 Å². The molecule has 2 fully saturated rings. The summed E-state index contributed by atoms with van der Waals surface area (Å²) < 4.78 is 50.0. The first-order chi connectivity index (χ1) is 10.3. The molecule has 2 aliphatic carbocycles. The number of hydrogen-bond donors (Lipinski definition) is 0. The van der Waals surface area contributed by atoms with Gasteiger partial charge in [0, 0.05) is 17.8 Å². The molecule has 0 unspecified atom stereocenters. The van der Waals surface area contributed by atoms with Crippen LogP contribution in [0.15, 0.2) is 11.9 Å². The van der Waals surface area contributed by atoms with Gasteiger partial charge in [0.25, 0.3) is 0 Å². The van der Waals surface area contributed by atoms with Gasteiger partial charge in [-0.25, -0.2) is 4.39 Å². The van der Waals surface area contributed by atoms with Crippen molar-refractivity contribution in [2.45, 2.75) is 64.5 Å². The van der Waals surface area contributed by atoms with E-state index in [1.807, 2.05) is 0 Å². The lowest BCUT2D eigenvalue weighted by Crippen LogP contribution is -2.16. The third-order valence-electron chi connectivity index (χ3n) is 4.93. The topological polar surface area (TPSA) is 0 Å². The van der Waals surface area contributed by atoms with Gasteiger partial charge < -0.3 is 0 Å². The van der Waals surface area contributed by atoms with E-state index < -0.39 is 17.9 Å². The molecule has 0 N–H and O–H groups in total. The highest BCUT2D eigenvalue weighted by molar-refractivity contribution is 5.11. The Morgan fingerprint density at radius 3 is 1.77 bits per heavy atom. The maximum absolute atomic E-state index is 13.5. The first-order valence-electron chi connectivity index (χ1n) is 8.29. The van der Waals surface area contributed by atoms with Gasteiger partial charge in [-0.2, -0.15) is 13.2 Å². The average Bonchev–Trinajstić information content (AvgIpc) is 2.45. The van der Waals surface area contributed by atoms with Gasteiger partial charge in [0.2, 0.25) is 0 Å². The molecule has 0 aromatic heterocycles. The summed E-state index contributed by atoms with van der Waals surface area (Å²) in [4.78, 5) is 0. The van der Waals surface area contributed by atoms with Crippen LogP contribution in [0, 0.1) is 35.5 Å². The van der Waals surface area contributed by atoms with Gasteiger partial charge in [-0.3, -0.25) is 0 Å². The van der Waals surface area contributed by atoms with Crippen molar-refractivity contribution in [2.75, 3.05) is 0 Å². The highest BCUT2D eigenvalue weighted by Crippen LogP contribution is 2.35. The summed E-state index contributed by atoms with van der Waals surface area (Å²) in [5.41, 5.74) is 0. The highest BCUT2D eigenvalue weighted by atomic mass is 19.4. The van der Waals surface area contributed by atoms with Crippen molar-refractivity contribution in [1.82, 2.24) is 0 Å². The second kappa shape index (κ2) is 7.53. The molecular formula is C18H24F4. The van der Waals surface area contributed by atoms with Gasteiger partial charge in [-0.05, 0) is 57.3 Å². The van der Waals surface area contributed by atoms with Crippen LogP contribution in [-0.4, -0.2) is 6.18 Å². The van der Waals surface area contributed by atoms with E-state index in [0.29, 0.717) is 31.6 Å². The van der Waals surface area contributed by atoms with Crippen LogP contribution in [-0.2, 0) is 0 Å². The fraction of sp³-hybridized carbons (Fsp3) is 0.778. The van der Waals surface area contributed by atoms with Crippen LogP contribution in [0.4, 0.5) is 17.6 Å². The van der Waals surface area contributed by atoms with Gasteiger partial charge in [-0.15, -0.1) is 0 Å². The Morgan fingerprint density at radius 2 is 1.32 bits per heavy atom. The molecule has 0 radical (unpaired) electrons. The van der Waals surface area contributed by atoms with E-state index in [1.165, 1.54) is 12.8 Å². The second-order valence-corrected chi connectivity index (χ2v) is 6.86. The van der Waals surface area contributed by atoms with Gasteiger partial charge in [0.15, 0.2) is 0 Å². The quantitative estimate of drug-likeness (QED) is 0.409. The summed E-state index contributed by atoms with van der Waals surface area (Å²) in [6.07, 6.45) is 2.41. The zero-order chi connectivity index (χ0) is 16.2. The van der Waals surface area contributed by atoms with Gasteiger partial charge in [0.1, 0.15) is 5.83 Å². The first-order valence-corrected chi connectivity index (χ1v) is 8.29. The molecular weight excluding hydrogens is 292 g/mol. The predicted octanol–water partition coefficient (Wildman–Crippen LogP) is 6.04. The van der Waals surface area contributed by atoms with E-state index in [1.54, 1.807) is 0 Å². The Morgan fingerprint density at radius 1 is 0.864 bits per heavy atom. The Labute approximate surface area is 130 Å². The lowest BCUT2D eigenvalue weighted by Gasteiger charge is -2.25. The standard InChI is InChI=1S/C18H24F4/c1-13-2-4-14(5-3-13)6-7-15-8-10-16(11-9-15)17(19)12-18(20,21)22/h12-16H,2-5,8-11H2,1H3/b17-12-. The van der Waals surface area contributed by atoms with Crippen LogP contribution >= 0.6 is 0 Å². The van der Waals surface area contributed by atoms with E-state index in [9.17, 15) is 17.6 Å². The summed E-state index contributed by atoms with van der Waals surface area (Å²) in [5.74, 6) is 6.58. The van der Waals surface area contributed by atoms with Crippen LogP contribution < -0.4 is 0 Å². The fourth-order valence-electron chi connectivity index (χ4n) is 3.43. The maximum Gasteiger partial charge on any atom is 0.412 e. The van der Waals surface area contributed by atoms with Crippen LogP contribution in [0.1, 0.15) is 58.3 Å². The van der Waals surface area contributed by atoms with Crippen molar-refractivity contribution >= 4 is 0 Å². The number of rotatable bonds is 1. The highest BCUT2D eigenvalue weighted by Gasteiger charge is 2.30. The predicted molar refractivity (Wildman–Crippen MR) is 79.6 cm³/mol. The fourth-order valence-corrected chi connectivity index (χ4v) is 3.43. The zero-order valence-electron chi connectivity index (χ0n) is 13.1. The minimum absolute atomic E-state index is 0.188. The first kappa shape index (κ1) is 17.4. The molecule has 0 atom stereocenters. The van der Waals surface area contributed by atoms with Gasteiger partial charge in [-0.1, -0.05) is 18.8 Å². The van der Waals surface area contributed by atoms with E-state index >= 15 is 0 Å². The molecule has 22 heavy (non-hydrogen) atoms. The molecule has 0 nitrogen and oxygen atoms in total. The van der Waals surface area contributed by atoms with E-state index in [4.69, 9.17) is 0 Å². The monoisotopic (exact) mass is 316 g/mol. The molecule has 0 aliphatic heterocycles. The molecule has 0 saturated heterocycles. The molecule has 0 aromatic rings. The average molecular weight is 316 g/mol. The third-order valence-corrected chi connectivity index (χ3v) is 4.93. The molecule has 2 saturated carbocycles.